The van der Waals surface area contributed by atoms with Gasteiger partial charge in [0, 0.05) is 30.8 Å². The number of carbonyl (C=O) groups is 7. The van der Waals surface area contributed by atoms with Gasteiger partial charge < -0.3 is 45.9 Å². The van der Waals surface area contributed by atoms with E-state index in [-0.39, 0.29) is 56.1 Å². The van der Waals surface area contributed by atoms with Crippen LogP contribution in [0.1, 0.15) is 84.8 Å². The number of aliphatic hydroxyl groups excluding tert-OH is 3. The molecule has 1 aromatic carbocycles. The minimum absolute atomic E-state index is 0.0144. The second kappa shape index (κ2) is 19.7. The molecule has 3 rings (SSSR count). The number of carboxylic acid groups (broad SMARTS) is 1. The average Bonchev–Trinajstić information content (AvgIpc) is 3.43. The molecular weight excluding hydrogens is 720 g/mol. The number of nitrogens with one attached hydrogen (secondary N) is 3. The maximum Gasteiger partial charge on any atom is 0.335 e. The molecule has 0 aromatic heterocycles. The van der Waals surface area contributed by atoms with Gasteiger partial charge in [0.25, 0.3) is 11.8 Å². The van der Waals surface area contributed by atoms with Crippen LogP contribution in [-0.2, 0) is 56.1 Å². The zero-order valence-corrected chi connectivity index (χ0v) is 32.1. The SMILES string of the molecule is CC(C)[C@H](NC(=O)CCCCCN1C(=O)C=CC1=O)C(=O)N[C@@H](C)C(=O)Nc1ccc(COC(=O)C(C)(C)C)c(CC[C@@H]2O[C@H](C(=O)O)C(O)[C@H](O)C2O)c1. The topological polar surface area (TPSA) is 258 Å². The van der Waals surface area contributed by atoms with Gasteiger partial charge >= 0.3 is 11.9 Å². The van der Waals surface area contributed by atoms with Crippen LogP contribution >= 0.6 is 0 Å². The minimum Gasteiger partial charge on any atom is -0.479 e. The van der Waals surface area contributed by atoms with Gasteiger partial charge in [-0.3, -0.25) is 33.7 Å². The summed E-state index contributed by atoms with van der Waals surface area (Å²) in [5.74, 6) is -4.53. The molecule has 7 atom stereocenters. The van der Waals surface area contributed by atoms with Crippen molar-refractivity contribution >= 4 is 47.2 Å². The number of aryl methyl sites for hydroxylation is 1. The molecule has 5 amide bonds. The van der Waals surface area contributed by atoms with Crippen LogP contribution in [0.15, 0.2) is 30.4 Å². The third-order valence-corrected chi connectivity index (χ3v) is 9.30. The molecule has 55 heavy (non-hydrogen) atoms. The Balaban J connectivity index is 1.62. The number of hydrogen-bond donors (Lipinski definition) is 7. The monoisotopic (exact) mass is 774 g/mol. The van der Waals surface area contributed by atoms with Gasteiger partial charge in [-0.2, -0.15) is 0 Å². The first-order valence-corrected chi connectivity index (χ1v) is 18.4. The Morgan fingerprint density at radius 3 is 2.13 bits per heavy atom. The van der Waals surface area contributed by atoms with Crippen LogP contribution in [0.5, 0.6) is 0 Å². The summed E-state index contributed by atoms with van der Waals surface area (Å²) in [6.07, 6.45) is -3.91. The van der Waals surface area contributed by atoms with Gasteiger partial charge in [-0.25, -0.2) is 4.79 Å². The summed E-state index contributed by atoms with van der Waals surface area (Å²) in [7, 11) is 0. The summed E-state index contributed by atoms with van der Waals surface area (Å²) in [6.45, 7) is 10.2. The molecule has 17 nitrogen and oxygen atoms in total. The number of amides is 5. The Labute approximate surface area is 319 Å². The van der Waals surface area contributed by atoms with Gasteiger partial charge in [-0.05, 0) is 82.6 Å². The van der Waals surface area contributed by atoms with Gasteiger partial charge in [0.15, 0.2) is 6.10 Å². The molecule has 7 N–H and O–H groups in total. The molecule has 2 aliphatic rings. The van der Waals surface area contributed by atoms with E-state index in [1.54, 1.807) is 52.8 Å². The fraction of sp³-hybridized carbons (Fsp3) is 0.605. The van der Waals surface area contributed by atoms with Crippen molar-refractivity contribution in [2.45, 2.75) is 129 Å². The highest BCUT2D eigenvalue weighted by molar-refractivity contribution is 6.12. The summed E-state index contributed by atoms with van der Waals surface area (Å²) in [4.78, 5) is 87.7. The van der Waals surface area contributed by atoms with Crippen LogP contribution in [0.2, 0.25) is 0 Å². The third-order valence-electron chi connectivity index (χ3n) is 9.30. The molecule has 0 spiro atoms. The Morgan fingerprint density at radius 2 is 1.53 bits per heavy atom. The fourth-order valence-electron chi connectivity index (χ4n) is 5.91. The molecule has 0 radical (unpaired) electrons. The van der Waals surface area contributed by atoms with Gasteiger partial charge in [0.2, 0.25) is 17.7 Å². The maximum absolute atomic E-state index is 13.2. The Bertz CT molecular complexity index is 1600. The van der Waals surface area contributed by atoms with Gasteiger partial charge in [-0.1, -0.05) is 26.3 Å². The molecule has 1 aromatic rings. The van der Waals surface area contributed by atoms with E-state index < -0.39 is 71.8 Å². The Morgan fingerprint density at radius 1 is 0.873 bits per heavy atom. The third kappa shape index (κ3) is 12.7. The molecule has 0 bridgehead atoms. The molecule has 1 saturated heterocycles. The van der Waals surface area contributed by atoms with Crippen molar-refractivity contribution < 1.29 is 63.5 Å². The number of aliphatic carboxylic acids is 1. The molecule has 1 fully saturated rings. The van der Waals surface area contributed by atoms with Crippen LogP contribution in [0.4, 0.5) is 5.69 Å². The first-order valence-electron chi connectivity index (χ1n) is 18.4. The summed E-state index contributed by atoms with van der Waals surface area (Å²) in [5.41, 5.74) is 0.603. The number of esters is 1. The van der Waals surface area contributed by atoms with Crippen LogP contribution < -0.4 is 16.0 Å². The minimum atomic E-state index is -1.84. The van der Waals surface area contributed by atoms with E-state index in [1.165, 1.54) is 19.1 Å². The standard InChI is InChI=1S/C38H54N4O13/c1-20(2)29(41-26(43)10-8-7-9-17-42-27(44)15-16-28(42)45)35(50)39-21(3)34(49)40-24-13-11-23(19-54-37(53)38(4,5)6)22(18-24)12-14-25-30(46)31(47)32(48)33(55-25)36(51)52/h11,13,15-16,18,20-21,25,29-33,46-48H,7-10,12,14,17,19H2,1-6H3,(H,39,50)(H,40,49)(H,41,43)(H,51,52)/t21-,25-,29-,30?,31+,32?,33-/m0/s1. The van der Waals surface area contributed by atoms with E-state index in [0.717, 1.165) is 4.90 Å². The lowest BCUT2D eigenvalue weighted by Crippen LogP contribution is -2.59. The molecule has 2 heterocycles. The molecule has 2 aliphatic heterocycles. The fourth-order valence-corrected chi connectivity index (χ4v) is 5.91. The van der Waals surface area contributed by atoms with Crippen molar-refractivity contribution in [2.24, 2.45) is 11.3 Å². The second-order valence-electron chi connectivity index (χ2n) is 15.2. The second-order valence-corrected chi connectivity index (χ2v) is 15.2. The van der Waals surface area contributed by atoms with E-state index in [1.807, 2.05) is 0 Å². The van der Waals surface area contributed by atoms with E-state index in [4.69, 9.17) is 9.47 Å². The van der Waals surface area contributed by atoms with Crippen molar-refractivity contribution in [3.8, 4) is 0 Å². The van der Waals surface area contributed by atoms with E-state index in [9.17, 15) is 54.0 Å². The first kappa shape index (κ1) is 44.7. The summed E-state index contributed by atoms with van der Waals surface area (Å²) in [5, 5.41) is 48.3. The molecule has 304 valence electrons. The number of aliphatic hydroxyl groups is 3. The Kier molecular flexibility index (Phi) is 16.0. The zero-order chi connectivity index (χ0) is 41.2. The highest BCUT2D eigenvalue weighted by Crippen LogP contribution is 2.27. The number of ether oxygens (including phenoxy) is 2. The smallest absolute Gasteiger partial charge is 0.335 e. The van der Waals surface area contributed by atoms with Crippen LogP contribution in [0.25, 0.3) is 0 Å². The number of anilines is 1. The van der Waals surface area contributed by atoms with E-state index in [0.29, 0.717) is 36.1 Å². The lowest BCUT2D eigenvalue weighted by atomic mass is 9.91. The lowest BCUT2D eigenvalue weighted by molar-refractivity contribution is -0.228. The number of carbonyl (C=O) groups excluding carboxylic acids is 6. The first-order chi connectivity index (χ1) is 25.7. The van der Waals surface area contributed by atoms with Crippen molar-refractivity contribution in [1.29, 1.82) is 0 Å². The largest absolute Gasteiger partial charge is 0.479 e. The summed E-state index contributed by atoms with van der Waals surface area (Å²) in [6, 6.07) is 2.80. The van der Waals surface area contributed by atoms with E-state index in [2.05, 4.69) is 16.0 Å². The summed E-state index contributed by atoms with van der Waals surface area (Å²) < 4.78 is 10.9. The highest BCUT2D eigenvalue weighted by Gasteiger charge is 2.46. The number of benzene rings is 1. The van der Waals surface area contributed by atoms with Crippen molar-refractivity contribution in [3.05, 3.63) is 41.5 Å². The molecule has 2 unspecified atom stereocenters. The number of unbranched alkanes of at least 4 members (excludes halogenated alkanes) is 2. The van der Waals surface area contributed by atoms with Crippen LogP contribution in [0.3, 0.4) is 0 Å². The number of hydrogen-bond acceptors (Lipinski definition) is 12. The van der Waals surface area contributed by atoms with Gasteiger partial charge in [0.05, 0.1) is 11.5 Å². The zero-order valence-electron chi connectivity index (χ0n) is 32.1. The van der Waals surface area contributed by atoms with Crippen molar-refractivity contribution in [1.82, 2.24) is 15.5 Å². The molecule has 17 heteroatoms. The van der Waals surface area contributed by atoms with E-state index >= 15 is 0 Å². The predicted molar refractivity (Wildman–Crippen MR) is 196 cm³/mol. The number of nitrogens with zero attached hydrogens (tertiary/aromatic N) is 1. The highest BCUT2D eigenvalue weighted by atomic mass is 16.6. The number of imide groups is 1. The van der Waals surface area contributed by atoms with Crippen LogP contribution in [-0.4, -0.2) is 116 Å². The normalized spacial score (nSPS) is 22.3. The average molecular weight is 775 g/mol. The van der Waals surface area contributed by atoms with Gasteiger partial charge in [0.1, 0.15) is 37.0 Å². The number of rotatable bonds is 18. The summed E-state index contributed by atoms with van der Waals surface area (Å²) >= 11 is 0. The lowest BCUT2D eigenvalue weighted by Gasteiger charge is -2.39. The molecule has 0 saturated carbocycles. The molecular formula is C38H54N4O13. The van der Waals surface area contributed by atoms with Crippen molar-refractivity contribution in [3.63, 3.8) is 0 Å². The molecule has 0 aliphatic carbocycles. The number of carboxylic acids is 1. The Hall–Kier alpha value is -4.71. The maximum atomic E-state index is 13.2. The van der Waals surface area contributed by atoms with Crippen LogP contribution in [0, 0.1) is 11.3 Å². The van der Waals surface area contributed by atoms with Gasteiger partial charge in [-0.15, -0.1) is 0 Å². The quantitative estimate of drug-likeness (QED) is 0.0617. The predicted octanol–water partition coefficient (Wildman–Crippen LogP) is 0.713. The van der Waals surface area contributed by atoms with Crippen molar-refractivity contribution in [2.75, 3.05) is 11.9 Å².